The maximum absolute atomic E-state index is 12.0. The molecule has 0 aliphatic carbocycles. The van der Waals surface area contributed by atoms with Gasteiger partial charge in [-0.15, -0.1) is 17.5 Å². The molecule has 24 heavy (non-hydrogen) atoms. The van der Waals surface area contributed by atoms with E-state index in [1.807, 2.05) is 24.3 Å². The van der Waals surface area contributed by atoms with Gasteiger partial charge in [-0.2, -0.15) is 0 Å². The Morgan fingerprint density at radius 3 is 3.08 bits per heavy atom. The van der Waals surface area contributed by atoms with Gasteiger partial charge < -0.3 is 5.32 Å². The van der Waals surface area contributed by atoms with Gasteiger partial charge in [0.1, 0.15) is 6.33 Å². The van der Waals surface area contributed by atoms with Crippen LogP contribution in [0.4, 0.5) is 5.95 Å². The van der Waals surface area contributed by atoms with E-state index < -0.39 is 0 Å². The highest BCUT2D eigenvalue weighted by molar-refractivity contribution is 9.10. The molecule has 1 saturated heterocycles. The molecular formula is C16H21BrClN5O. The molecule has 1 amide bonds. The van der Waals surface area contributed by atoms with Crippen molar-refractivity contribution < 1.29 is 4.79 Å². The Kier molecular flexibility index (Phi) is 7.20. The molecular weight excluding hydrogens is 394 g/mol. The Hall–Kier alpha value is -1.44. The van der Waals surface area contributed by atoms with Crippen molar-refractivity contribution in [2.75, 3.05) is 18.4 Å². The van der Waals surface area contributed by atoms with Crippen LogP contribution in [0.25, 0.3) is 0 Å². The van der Waals surface area contributed by atoms with Gasteiger partial charge in [0.25, 0.3) is 0 Å². The van der Waals surface area contributed by atoms with Crippen LogP contribution in [0.2, 0.25) is 0 Å². The lowest BCUT2D eigenvalue weighted by Crippen LogP contribution is -2.16. The maximum atomic E-state index is 12.0. The van der Waals surface area contributed by atoms with E-state index in [4.69, 9.17) is 0 Å². The third-order valence-corrected chi connectivity index (χ3v) is 4.46. The van der Waals surface area contributed by atoms with Gasteiger partial charge in [0.05, 0.1) is 6.54 Å². The van der Waals surface area contributed by atoms with Crippen molar-refractivity contribution in [1.29, 1.82) is 0 Å². The smallest absolute Gasteiger partial charge is 0.248 e. The summed E-state index contributed by atoms with van der Waals surface area (Å²) in [6.45, 7) is 2.71. The first-order valence-electron chi connectivity index (χ1n) is 7.83. The van der Waals surface area contributed by atoms with Crippen molar-refractivity contribution in [3.05, 3.63) is 40.6 Å². The van der Waals surface area contributed by atoms with Gasteiger partial charge in [-0.3, -0.25) is 10.1 Å². The molecule has 2 aromatic rings. The summed E-state index contributed by atoms with van der Waals surface area (Å²) in [6, 6.07) is 8.03. The van der Waals surface area contributed by atoms with Crippen molar-refractivity contribution in [3.8, 4) is 0 Å². The molecule has 1 fully saturated rings. The first-order valence-corrected chi connectivity index (χ1v) is 8.63. The number of hydrogen-bond donors (Lipinski definition) is 2. The lowest BCUT2D eigenvalue weighted by atomic mass is 10.0. The summed E-state index contributed by atoms with van der Waals surface area (Å²) in [6.07, 6.45) is 4.23. The van der Waals surface area contributed by atoms with Crippen LogP contribution in [-0.4, -0.2) is 33.8 Å². The number of hydrogen-bond acceptors (Lipinski definition) is 4. The quantitative estimate of drug-likeness (QED) is 0.762. The summed E-state index contributed by atoms with van der Waals surface area (Å²) in [4.78, 5) is 16.1. The molecule has 6 nitrogen and oxygen atoms in total. The largest absolute Gasteiger partial charge is 0.316 e. The van der Waals surface area contributed by atoms with E-state index in [2.05, 4.69) is 36.6 Å². The number of carbonyl (C=O) groups is 1. The highest BCUT2D eigenvalue weighted by Gasteiger charge is 2.16. The van der Waals surface area contributed by atoms with Crippen LogP contribution in [0.5, 0.6) is 0 Å². The molecule has 1 aromatic carbocycles. The predicted octanol–water partition coefficient (Wildman–Crippen LogP) is 2.84. The van der Waals surface area contributed by atoms with E-state index in [-0.39, 0.29) is 18.3 Å². The van der Waals surface area contributed by atoms with Crippen LogP contribution in [0.3, 0.4) is 0 Å². The Morgan fingerprint density at radius 1 is 1.46 bits per heavy atom. The first kappa shape index (κ1) is 18.9. The molecule has 2 N–H and O–H groups in total. The van der Waals surface area contributed by atoms with Crippen LogP contribution >= 0.6 is 28.3 Å². The number of aromatic nitrogens is 3. The van der Waals surface area contributed by atoms with Crippen molar-refractivity contribution in [3.63, 3.8) is 0 Å². The zero-order valence-electron chi connectivity index (χ0n) is 13.2. The van der Waals surface area contributed by atoms with Crippen molar-refractivity contribution >= 4 is 40.2 Å². The molecule has 8 heteroatoms. The third kappa shape index (κ3) is 5.58. The standard InChI is InChI=1S/C16H20BrN5O.ClH/c17-14-3-1-2-13(8-14)10-22-11-19-16(21-22)20-15(23)5-4-12-6-7-18-9-12;/h1-3,8,11-12,18H,4-7,9-10H2,(H,20,21,23);1H. The SMILES string of the molecule is Cl.O=C(CCC1CCNC1)Nc1ncn(Cc2cccc(Br)c2)n1. The monoisotopic (exact) mass is 413 g/mol. The zero-order chi connectivity index (χ0) is 16.1. The molecule has 2 heterocycles. The molecule has 1 atom stereocenters. The summed E-state index contributed by atoms with van der Waals surface area (Å²) in [5.74, 6) is 0.967. The van der Waals surface area contributed by atoms with Gasteiger partial charge in [0.15, 0.2) is 0 Å². The Balaban J connectivity index is 0.00000208. The number of nitrogens with one attached hydrogen (secondary N) is 2. The second-order valence-electron chi connectivity index (χ2n) is 5.84. The number of halogens is 2. The second kappa shape index (κ2) is 9.15. The van der Waals surface area contributed by atoms with Crippen LogP contribution in [-0.2, 0) is 11.3 Å². The van der Waals surface area contributed by atoms with E-state index >= 15 is 0 Å². The predicted molar refractivity (Wildman–Crippen MR) is 99.4 cm³/mol. The van der Waals surface area contributed by atoms with Crippen LogP contribution in [0.15, 0.2) is 35.1 Å². The highest BCUT2D eigenvalue weighted by Crippen LogP contribution is 2.15. The number of carbonyl (C=O) groups excluding carboxylic acids is 1. The molecule has 130 valence electrons. The van der Waals surface area contributed by atoms with Gasteiger partial charge in [-0.05, 0) is 49.5 Å². The minimum Gasteiger partial charge on any atom is -0.316 e. The fourth-order valence-electron chi connectivity index (χ4n) is 2.73. The summed E-state index contributed by atoms with van der Waals surface area (Å²) in [5, 5.41) is 10.4. The molecule has 1 aromatic heterocycles. The second-order valence-corrected chi connectivity index (χ2v) is 6.76. The van der Waals surface area contributed by atoms with Gasteiger partial charge in [-0.1, -0.05) is 28.1 Å². The lowest BCUT2D eigenvalue weighted by molar-refractivity contribution is -0.116. The third-order valence-electron chi connectivity index (χ3n) is 3.96. The summed E-state index contributed by atoms with van der Waals surface area (Å²) < 4.78 is 2.75. The number of anilines is 1. The Labute approximate surface area is 156 Å². The Bertz CT molecular complexity index is 672. The molecule has 1 aliphatic heterocycles. The fourth-order valence-corrected chi connectivity index (χ4v) is 3.18. The average molecular weight is 415 g/mol. The van der Waals surface area contributed by atoms with Gasteiger partial charge in [0, 0.05) is 10.9 Å². The minimum absolute atomic E-state index is 0. The first-order chi connectivity index (χ1) is 11.2. The average Bonchev–Trinajstić information content (AvgIpc) is 3.17. The van der Waals surface area contributed by atoms with E-state index in [0.29, 0.717) is 24.8 Å². The fraction of sp³-hybridized carbons (Fsp3) is 0.438. The summed E-state index contributed by atoms with van der Waals surface area (Å²) in [5.41, 5.74) is 1.12. The Morgan fingerprint density at radius 2 is 2.33 bits per heavy atom. The molecule has 0 spiro atoms. The van der Waals surface area contributed by atoms with E-state index in [1.54, 1.807) is 11.0 Å². The van der Waals surface area contributed by atoms with Gasteiger partial charge >= 0.3 is 0 Å². The van der Waals surface area contributed by atoms with Crippen molar-refractivity contribution in [1.82, 2.24) is 20.1 Å². The highest BCUT2D eigenvalue weighted by atomic mass is 79.9. The number of rotatable bonds is 6. The topological polar surface area (TPSA) is 71.8 Å². The molecule has 3 rings (SSSR count). The van der Waals surface area contributed by atoms with Crippen LogP contribution in [0.1, 0.15) is 24.8 Å². The molecule has 1 unspecified atom stereocenters. The lowest BCUT2D eigenvalue weighted by Gasteiger charge is -2.06. The van der Waals surface area contributed by atoms with Gasteiger partial charge in [0.2, 0.25) is 11.9 Å². The maximum Gasteiger partial charge on any atom is 0.248 e. The minimum atomic E-state index is -0.0166. The van der Waals surface area contributed by atoms with Crippen molar-refractivity contribution in [2.45, 2.75) is 25.8 Å². The number of nitrogens with zero attached hydrogens (tertiary/aromatic N) is 3. The molecule has 0 bridgehead atoms. The van der Waals surface area contributed by atoms with Crippen molar-refractivity contribution in [2.24, 2.45) is 5.92 Å². The normalized spacial score (nSPS) is 16.6. The van der Waals surface area contributed by atoms with E-state index in [0.717, 1.165) is 36.0 Å². The van der Waals surface area contributed by atoms with Crippen LogP contribution in [0, 0.1) is 5.92 Å². The summed E-state index contributed by atoms with van der Waals surface area (Å²) in [7, 11) is 0. The number of amides is 1. The van der Waals surface area contributed by atoms with E-state index in [1.165, 1.54) is 0 Å². The molecule has 0 radical (unpaired) electrons. The van der Waals surface area contributed by atoms with Gasteiger partial charge in [-0.25, -0.2) is 9.67 Å². The van der Waals surface area contributed by atoms with E-state index in [9.17, 15) is 4.79 Å². The molecule has 0 saturated carbocycles. The van der Waals surface area contributed by atoms with Crippen LogP contribution < -0.4 is 10.6 Å². The zero-order valence-corrected chi connectivity index (χ0v) is 15.6. The molecule has 1 aliphatic rings. The number of benzene rings is 1. The summed E-state index contributed by atoms with van der Waals surface area (Å²) >= 11 is 3.45.